The van der Waals surface area contributed by atoms with Gasteiger partial charge in [-0.3, -0.25) is 4.79 Å². The maximum absolute atomic E-state index is 12.4. The number of hydrogen-bond donors (Lipinski definition) is 0. The highest BCUT2D eigenvalue weighted by Gasteiger charge is 2.49. The number of hydrogen-bond acceptors (Lipinski definition) is 2. The van der Waals surface area contributed by atoms with Gasteiger partial charge in [0.25, 0.3) is 0 Å². The summed E-state index contributed by atoms with van der Waals surface area (Å²) in [6.07, 6.45) is 3.78. The molecule has 0 aromatic carbocycles. The van der Waals surface area contributed by atoms with E-state index in [1.54, 1.807) is 0 Å². The third-order valence-electron chi connectivity index (χ3n) is 4.33. The number of rotatable bonds is 1. The predicted molar refractivity (Wildman–Crippen MR) is 67.4 cm³/mol. The van der Waals surface area contributed by atoms with Gasteiger partial charge in [0.05, 0.1) is 0 Å². The second-order valence-electron chi connectivity index (χ2n) is 6.29. The van der Waals surface area contributed by atoms with E-state index in [9.17, 15) is 4.79 Å². The van der Waals surface area contributed by atoms with Crippen molar-refractivity contribution >= 4 is 17.7 Å². The van der Waals surface area contributed by atoms with Gasteiger partial charge in [-0.2, -0.15) is 11.8 Å². The fourth-order valence-electron chi connectivity index (χ4n) is 3.38. The molecule has 3 fully saturated rings. The van der Waals surface area contributed by atoms with Crippen LogP contribution in [-0.4, -0.2) is 34.4 Å². The number of carbonyl (C=O) groups excluding carboxylic acids is 1. The molecule has 2 aliphatic carbocycles. The van der Waals surface area contributed by atoms with Crippen LogP contribution in [0.5, 0.6) is 0 Å². The SMILES string of the molecule is CC1(C)CN(C(=O)C2CC3CC3C2)CCS1. The van der Waals surface area contributed by atoms with Crippen molar-refractivity contribution in [2.75, 3.05) is 18.8 Å². The van der Waals surface area contributed by atoms with Crippen LogP contribution < -0.4 is 0 Å². The van der Waals surface area contributed by atoms with Gasteiger partial charge in [0.1, 0.15) is 0 Å². The van der Waals surface area contributed by atoms with E-state index in [1.165, 1.54) is 19.3 Å². The molecule has 0 spiro atoms. The van der Waals surface area contributed by atoms with Crippen molar-refractivity contribution < 1.29 is 4.79 Å². The number of nitrogens with zero attached hydrogens (tertiary/aromatic N) is 1. The minimum atomic E-state index is 0.259. The Kier molecular flexibility index (Phi) is 2.50. The number of carbonyl (C=O) groups is 1. The summed E-state index contributed by atoms with van der Waals surface area (Å²) in [4.78, 5) is 14.5. The fourth-order valence-corrected chi connectivity index (χ4v) is 4.49. The molecule has 0 radical (unpaired) electrons. The summed E-state index contributed by atoms with van der Waals surface area (Å²) in [5.74, 6) is 3.78. The minimum Gasteiger partial charge on any atom is -0.340 e. The van der Waals surface area contributed by atoms with Gasteiger partial charge in [-0.1, -0.05) is 0 Å². The van der Waals surface area contributed by atoms with Crippen LogP contribution in [0.25, 0.3) is 0 Å². The fraction of sp³-hybridized carbons (Fsp3) is 0.923. The third-order valence-corrected chi connectivity index (χ3v) is 5.63. The van der Waals surface area contributed by atoms with Crippen LogP contribution in [0.1, 0.15) is 33.1 Å². The largest absolute Gasteiger partial charge is 0.340 e. The maximum atomic E-state index is 12.4. The molecule has 0 bridgehead atoms. The van der Waals surface area contributed by atoms with E-state index in [1.807, 2.05) is 11.8 Å². The Balaban J connectivity index is 1.61. The molecule has 90 valence electrons. The van der Waals surface area contributed by atoms with Gasteiger partial charge < -0.3 is 4.90 Å². The molecule has 1 saturated heterocycles. The molecule has 2 unspecified atom stereocenters. The van der Waals surface area contributed by atoms with Crippen LogP contribution in [0, 0.1) is 17.8 Å². The minimum absolute atomic E-state index is 0.259. The van der Waals surface area contributed by atoms with Gasteiger partial charge in [0.15, 0.2) is 0 Å². The number of amides is 1. The summed E-state index contributed by atoms with van der Waals surface area (Å²) in [5, 5.41) is 0. The Morgan fingerprint density at radius 3 is 2.56 bits per heavy atom. The third kappa shape index (κ3) is 1.99. The lowest BCUT2D eigenvalue weighted by Gasteiger charge is -2.38. The Morgan fingerprint density at radius 1 is 1.25 bits per heavy atom. The van der Waals surface area contributed by atoms with Gasteiger partial charge in [-0.25, -0.2) is 0 Å². The van der Waals surface area contributed by atoms with E-state index in [-0.39, 0.29) is 4.75 Å². The maximum Gasteiger partial charge on any atom is 0.225 e. The first-order valence-corrected chi connectivity index (χ1v) is 7.46. The Labute approximate surface area is 102 Å². The van der Waals surface area contributed by atoms with Gasteiger partial charge in [-0.05, 0) is 44.9 Å². The molecule has 16 heavy (non-hydrogen) atoms. The molecule has 0 aromatic rings. The van der Waals surface area contributed by atoms with Crippen LogP contribution >= 0.6 is 11.8 Å². The van der Waals surface area contributed by atoms with E-state index < -0.39 is 0 Å². The van der Waals surface area contributed by atoms with E-state index in [0.717, 1.165) is 30.7 Å². The van der Waals surface area contributed by atoms with Gasteiger partial charge in [0.2, 0.25) is 5.91 Å². The molecule has 1 aliphatic heterocycles. The first kappa shape index (κ1) is 10.9. The molecular weight excluding hydrogens is 218 g/mol. The van der Waals surface area contributed by atoms with Crippen LogP contribution in [0.15, 0.2) is 0 Å². The van der Waals surface area contributed by atoms with Crippen LogP contribution in [-0.2, 0) is 4.79 Å². The molecule has 2 atom stereocenters. The number of thioether (sulfide) groups is 1. The Morgan fingerprint density at radius 2 is 1.94 bits per heavy atom. The second-order valence-corrected chi connectivity index (χ2v) is 8.09. The molecule has 0 aromatic heterocycles. The van der Waals surface area contributed by atoms with Gasteiger partial charge in [0, 0.05) is 29.5 Å². The predicted octanol–water partition coefficient (Wildman–Crippen LogP) is 2.39. The van der Waals surface area contributed by atoms with Crippen molar-refractivity contribution in [2.24, 2.45) is 17.8 Å². The Hall–Kier alpha value is -0.180. The van der Waals surface area contributed by atoms with Gasteiger partial charge in [-0.15, -0.1) is 0 Å². The summed E-state index contributed by atoms with van der Waals surface area (Å²) >= 11 is 2.00. The number of fused-ring (bicyclic) bond motifs is 1. The van der Waals surface area contributed by atoms with Gasteiger partial charge >= 0.3 is 0 Å². The molecule has 1 amide bonds. The summed E-state index contributed by atoms with van der Waals surface area (Å²) in [6.45, 7) is 6.42. The average molecular weight is 239 g/mol. The smallest absolute Gasteiger partial charge is 0.225 e. The topological polar surface area (TPSA) is 20.3 Å². The first-order valence-electron chi connectivity index (χ1n) is 6.48. The lowest BCUT2D eigenvalue weighted by Crippen LogP contribution is -2.48. The molecular formula is C13H21NOS. The van der Waals surface area contributed by atoms with Crippen molar-refractivity contribution in [3.63, 3.8) is 0 Å². The molecule has 3 aliphatic rings. The highest BCUT2D eigenvalue weighted by atomic mass is 32.2. The van der Waals surface area contributed by atoms with Crippen LogP contribution in [0.4, 0.5) is 0 Å². The van der Waals surface area contributed by atoms with Crippen molar-refractivity contribution in [1.29, 1.82) is 0 Å². The van der Waals surface area contributed by atoms with E-state index >= 15 is 0 Å². The molecule has 3 rings (SSSR count). The second kappa shape index (κ2) is 3.66. The summed E-state index contributed by atoms with van der Waals surface area (Å²) in [7, 11) is 0. The monoisotopic (exact) mass is 239 g/mol. The quantitative estimate of drug-likeness (QED) is 0.700. The molecule has 1 heterocycles. The van der Waals surface area contributed by atoms with E-state index in [4.69, 9.17) is 0 Å². The van der Waals surface area contributed by atoms with Crippen molar-refractivity contribution in [2.45, 2.75) is 37.9 Å². The summed E-state index contributed by atoms with van der Waals surface area (Å²) in [6, 6.07) is 0. The van der Waals surface area contributed by atoms with Crippen molar-refractivity contribution in [3.05, 3.63) is 0 Å². The highest BCUT2D eigenvalue weighted by molar-refractivity contribution is 8.00. The summed E-state index contributed by atoms with van der Waals surface area (Å²) in [5.41, 5.74) is 0. The Bertz CT molecular complexity index is 305. The van der Waals surface area contributed by atoms with Crippen LogP contribution in [0.3, 0.4) is 0 Å². The van der Waals surface area contributed by atoms with Crippen molar-refractivity contribution in [3.8, 4) is 0 Å². The van der Waals surface area contributed by atoms with Crippen molar-refractivity contribution in [1.82, 2.24) is 4.90 Å². The molecule has 0 N–H and O–H groups in total. The summed E-state index contributed by atoms with van der Waals surface area (Å²) < 4.78 is 0.259. The average Bonchev–Trinajstić information content (AvgIpc) is 2.83. The molecule has 3 heteroatoms. The highest BCUT2D eigenvalue weighted by Crippen LogP contribution is 2.54. The first-order chi connectivity index (χ1) is 7.55. The lowest BCUT2D eigenvalue weighted by atomic mass is 10.0. The zero-order chi connectivity index (χ0) is 11.3. The zero-order valence-corrected chi connectivity index (χ0v) is 11.1. The van der Waals surface area contributed by atoms with E-state index in [2.05, 4.69) is 18.7 Å². The standard InChI is InChI=1S/C13H21NOS/c1-13(2)8-14(3-4-16-13)12(15)11-6-9-5-10(9)7-11/h9-11H,3-8H2,1-2H3. The van der Waals surface area contributed by atoms with E-state index in [0.29, 0.717) is 11.8 Å². The molecule has 2 nitrogen and oxygen atoms in total. The van der Waals surface area contributed by atoms with Crippen LogP contribution in [0.2, 0.25) is 0 Å². The molecule has 2 saturated carbocycles. The zero-order valence-electron chi connectivity index (χ0n) is 10.2. The normalized spacial score (nSPS) is 40.6. The lowest BCUT2D eigenvalue weighted by molar-refractivity contribution is -0.135.